The fraction of sp³-hybridized carbons (Fsp3) is 0.562. The van der Waals surface area contributed by atoms with E-state index in [1.807, 2.05) is 30.3 Å². The van der Waals surface area contributed by atoms with E-state index in [1.54, 1.807) is 0 Å². The molecule has 0 bridgehead atoms. The minimum absolute atomic E-state index is 0.165. The first-order valence-corrected chi connectivity index (χ1v) is 6.93. The molecule has 0 heterocycles. The Labute approximate surface area is 116 Å². The van der Waals surface area contributed by atoms with Crippen molar-refractivity contribution < 1.29 is 9.53 Å². The van der Waals surface area contributed by atoms with Crippen LogP contribution in [0.1, 0.15) is 38.2 Å². The van der Waals surface area contributed by atoms with Gasteiger partial charge in [0.05, 0.1) is 13.0 Å². The van der Waals surface area contributed by atoms with E-state index < -0.39 is 0 Å². The van der Waals surface area contributed by atoms with Crippen molar-refractivity contribution in [3.05, 3.63) is 35.9 Å². The molecule has 2 atom stereocenters. The predicted octanol–water partition coefficient (Wildman–Crippen LogP) is 3.06. The summed E-state index contributed by atoms with van der Waals surface area (Å²) in [7, 11) is 3.52. The van der Waals surface area contributed by atoms with Crippen LogP contribution in [0.2, 0.25) is 0 Å². The second-order valence-corrected chi connectivity index (χ2v) is 5.06. The van der Waals surface area contributed by atoms with Crippen molar-refractivity contribution in [2.24, 2.45) is 0 Å². The summed E-state index contributed by atoms with van der Waals surface area (Å²) < 4.78 is 4.94. The third kappa shape index (κ3) is 4.67. The molecule has 2 unspecified atom stereocenters. The van der Waals surface area contributed by atoms with Gasteiger partial charge in [-0.1, -0.05) is 43.7 Å². The van der Waals surface area contributed by atoms with Crippen molar-refractivity contribution in [2.45, 2.75) is 38.6 Å². The number of carbonyl (C=O) groups excluding carboxylic acids is 1. The van der Waals surface area contributed by atoms with E-state index in [1.165, 1.54) is 7.11 Å². The van der Waals surface area contributed by atoms with Gasteiger partial charge in [-0.2, -0.15) is 0 Å². The van der Waals surface area contributed by atoms with Crippen molar-refractivity contribution in [2.75, 3.05) is 20.7 Å². The number of nitrogens with zero attached hydrogens (tertiary/aromatic N) is 1. The van der Waals surface area contributed by atoms with E-state index in [-0.39, 0.29) is 11.9 Å². The molecule has 0 saturated heterocycles. The highest BCUT2D eigenvalue weighted by Crippen LogP contribution is 2.20. The van der Waals surface area contributed by atoms with Crippen LogP contribution in [0.15, 0.2) is 30.3 Å². The summed E-state index contributed by atoms with van der Waals surface area (Å²) in [6.45, 7) is 5.07. The molecule has 1 rings (SSSR count). The molecule has 0 amide bonds. The number of likely N-dealkylation sites (N-methyl/N-ethyl adjacent to an activating group) is 1. The highest BCUT2D eigenvalue weighted by Gasteiger charge is 2.24. The van der Waals surface area contributed by atoms with Crippen LogP contribution in [0.3, 0.4) is 0 Å². The van der Waals surface area contributed by atoms with Gasteiger partial charge in [0.1, 0.15) is 0 Å². The van der Waals surface area contributed by atoms with E-state index in [0.717, 1.165) is 18.4 Å². The van der Waals surface area contributed by atoms with Crippen molar-refractivity contribution in [1.82, 2.24) is 4.90 Å². The maximum absolute atomic E-state index is 12.0. The SMILES string of the molecule is CCCC(C)N(C)CC(C(=O)OC)c1ccccc1. The molecule has 0 radical (unpaired) electrons. The Morgan fingerprint density at radius 2 is 1.95 bits per heavy atom. The predicted molar refractivity (Wildman–Crippen MR) is 78.2 cm³/mol. The van der Waals surface area contributed by atoms with Crippen LogP contribution in [0.4, 0.5) is 0 Å². The van der Waals surface area contributed by atoms with Gasteiger partial charge in [0.25, 0.3) is 0 Å². The number of hydrogen-bond donors (Lipinski definition) is 0. The first kappa shape index (κ1) is 15.7. The zero-order valence-corrected chi connectivity index (χ0v) is 12.4. The van der Waals surface area contributed by atoms with E-state index in [4.69, 9.17) is 4.74 Å². The Balaban J connectivity index is 2.79. The lowest BCUT2D eigenvalue weighted by Gasteiger charge is -2.28. The summed E-state index contributed by atoms with van der Waals surface area (Å²) in [5.74, 6) is -0.378. The summed E-state index contributed by atoms with van der Waals surface area (Å²) in [6, 6.07) is 10.3. The molecule has 0 aliphatic heterocycles. The molecule has 19 heavy (non-hydrogen) atoms. The van der Waals surface area contributed by atoms with Gasteiger partial charge < -0.3 is 9.64 Å². The quantitative estimate of drug-likeness (QED) is 0.708. The number of rotatable bonds is 7. The summed E-state index contributed by atoms with van der Waals surface area (Å²) in [5, 5.41) is 0. The van der Waals surface area contributed by atoms with E-state index in [0.29, 0.717) is 12.6 Å². The van der Waals surface area contributed by atoms with Crippen LogP contribution in [-0.4, -0.2) is 37.6 Å². The van der Waals surface area contributed by atoms with Gasteiger partial charge >= 0.3 is 5.97 Å². The highest BCUT2D eigenvalue weighted by atomic mass is 16.5. The number of carbonyl (C=O) groups is 1. The molecule has 0 fully saturated rings. The lowest BCUT2D eigenvalue weighted by Crippen LogP contribution is -2.35. The van der Waals surface area contributed by atoms with Gasteiger partial charge in [-0.15, -0.1) is 0 Å². The molecule has 1 aromatic rings. The molecule has 106 valence electrons. The molecule has 0 aromatic heterocycles. The van der Waals surface area contributed by atoms with Crippen LogP contribution in [0.5, 0.6) is 0 Å². The molecular formula is C16H25NO2. The number of esters is 1. The monoisotopic (exact) mass is 263 g/mol. The van der Waals surface area contributed by atoms with Gasteiger partial charge in [0, 0.05) is 12.6 Å². The van der Waals surface area contributed by atoms with Gasteiger partial charge in [-0.25, -0.2) is 0 Å². The summed E-state index contributed by atoms with van der Waals surface area (Å²) in [4.78, 5) is 14.2. The van der Waals surface area contributed by atoms with Gasteiger partial charge in [0.2, 0.25) is 0 Å². The number of methoxy groups -OCH3 is 1. The van der Waals surface area contributed by atoms with Gasteiger partial charge in [0.15, 0.2) is 0 Å². The summed E-state index contributed by atoms with van der Waals surface area (Å²) >= 11 is 0. The maximum atomic E-state index is 12.0. The maximum Gasteiger partial charge on any atom is 0.314 e. The lowest BCUT2D eigenvalue weighted by atomic mass is 9.98. The van der Waals surface area contributed by atoms with Crippen LogP contribution in [0, 0.1) is 0 Å². The third-order valence-electron chi connectivity index (χ3n) is 3.62. The van der Waals surface area contributed by atoms with Crippen LogP contribution >= 0.6 is 0 Å². The van der Waals surface area contributed by atoms with E-state index in [2.05, 4.69) is 25.8 Å². The van der Waals surface area contributed by atoms with E-state index in [9.17, 15) is 4.79 Å². The molecule has 3 nitrogen and oxygen atoms in total. The zero-order chi connectivity index (χ0) is 14.3. The number of ether oxygens (including phenoxy) is 1. The molecule has 0 spiro atoms. The molecule has 1 aromatic carbocycles. The Hall–Kier alpha value is -1.35. The summed E-state index contributed by atoms with van der Waals surface area (Å²) in [6.07, 6.45) is 2.29. The van der Waals surface area contributed by atoms with Crippen LogP contribution in [-0.2, 0) is 9.53 Å². The topological polar surface area (TPSA) is 29.5 Å². The summed E-state index contributed by atoms with van der Waals surface area (Å²) in [5.41, 5.74) is 1.02. The smallest absolute Gasteiger partial charge is 0.314 e. The Morgan fingerprint density at radius 3 is 2.47 bits per heavy atom. The normalized spacial score (nSPS) is 14.2. The first-order chi connectivity index (χ1) is 9.10. The van der Waals surface area contributed by atoms with Crippen molar-refractivity contribution >= 4 is 5.97 Å². The average Bonchev–Trinajstić information content (AvgIpc) is 2.44. The fourth-order valence-corrected chi connectivity index (χ4v) is 2.25. The molecule has 0 aliphatic carbocycles. The average molecular weight is 263 g/mol. The van der Waals surface area contributed by atoms with Crippen molar-refractivity contribution in [3.63, 3.8) is 0 Å². The minimum atomic E-state index is -0.212. The Bertz CT molecular complexity index is 378. The van der Waals surface area contributed by atoms with E-state index >= 15 is 0 Å². The zero-order valence-electron chi connectivity index (χ0n) is 12.4. The minimum Gasteiger partial charge on any atom is -0.469 e. The molecule has 0 aliphatic rings. The second kappa shape index (κ2) is 7.95. The molecule has 3 heteroatoms. The number of benzene rings is 1. The molecule has 0 saturated carbocycles. The first-order valence-electron chi connectivity index (χ1n) is 6.93. The number of hydrogen-bond acceptors (Lipinski definition) is 3. The largest absolute Gasteiger partial charge is 0.469 e. The molecule has 0 N–H and O–H groups in total. The van der Waals surface area contributed by atoms with Crippen LogP contribution < -0.4 is 0 Å². The van der Waals surface area contributed by atoms with Crippen LogP contribution in [0.25, 0.3) is 0 Å². The van der Waals surface area contributed by atoms with Gasteiger partial charge in [-0.3, -0.25) is 4.79 Å². The standard InChI is InChI=1S/C16H25NO2/c1-5-9-13(2)17(3)12-15(16(18)19-4)14-10-7-6-8-11-14/h6-8,10-11,13,15H,5,9,12H2,1-4H3. The van der Waals surface area contributed by atoms with Gasteiger partial charge in [-0.05, 0) is 26.0 Å². The van der Waals surface area contributed by atoms with Crippen molar-refractivity contribution in [3.8, 4) is 0 Å². The van der Waals surface area contributed by atoms with Crippen molar-refractivity contribution in [1.29, 1.82) is 0 Å². The third-order valence-corrected chi connectivity index (χ3v) is 3.62. The highest BCUT2D eigenvalue weighted by molar-refractivity contribution is 5.78. The fourth-order valence-electron chi connectivity index (χ4n) is 2.25. The lowest BCUT2D eigenvalue weighted by molar-refractivity contribution is -0.143. The Kier molecular flexibility index (Phi) is 6.57. The second-order valence-electron chi connectivity index (χ2n) is 5.06. The molecular weight excluding hydrogens is 238 g/mol. The Morgan fingerprint density at radius 1 is 1.32 bits per heavy atom.